The molecule has 1 aliphatic rings. The van der Waals surface area contributed by atoms with E-state index >= 15 is 0 Å². The number of carbonyl (C=O) groups is 1. The van der Waals surface area contributed by atoms with Crippen LogP contribution in [0.1, 0.15) is 23.0 Å². The van der Waals surface area contributed by atoms with Crippen LogP contribution in [0.5, 0.6) is 0 Å². The fourth-order valence-electron chi connectivity index (χ4n) is 4.40. The molecule has 1 aromatic carbocycles. The molecule has 10 nitrogen and oxygen atoms in total. The number of hydrogen-bond donors (Lipinski definition) is 0. The van der Waals surface area contributed by atoms with Crippen molar-refractivity contribution in [1.29, 1.82) is 0 Å². The first kappa shape index (κ1) is 23.2. The molecule has 4 heterocycles. The molecule has 35 heavy (non-hydrogen) atoms. The van der Waals surface area contributed by atoms with Gasteiger partial charge in [0, 0.05) is 63.1 Å². The van der Waals surface area contributed by atoms with E-state index in [1.165, 1.54) is 21.4 Å². The van der Waals surface area contributed by atoms with Gasteiger partial charge >= 0.3 is 0 Å². The SMILES string of the molecule is CCn1cc(-c2cc(C(=O)N3CCN(S(=O)(=O)c4cnn(C)c4)CC3)c3ccccc3n2)c(C)n1. The predicted octanol–water partition coefficient (Wildman–Crippen LogP) is 2.31. The number of nitrogens with zero attached hydrogens (tertiary/aromatic N) is 7. The van der Waals surface area contributed by atoms with Gasteiger partial charge in [0.1, 0.15) is 4.90 Å². The molecular weight excluding hydrogens is 466 g/mol. The van der Waals surface area contributed by atoms with Crippen LogP contribution < -0.4 is 0 Å². The fraction of sp³-hybridized carbons (Fsp3) is 0.333. The molecule has 1 fully saturated rings. The zero-order valence-corrected chi connectivity index (χ0v) is 20.7. The van der Waals surface area contributed by atoms with Crippen LogP contribution in [0, 0.1) is 6.92 Å². The molecule has 0 radical (unpaired) electrons. The molecule has 1 aliphatic heterocycles. The van der Waals surface area contributed by atoms with Gasteiger partial charge in [0.2, 0.25) is 10.0 Å². The summed E-state index contributed by atoms with van der Waals surface area (Å²) >= 11 is 0. The largest absolute Gasteiger partial charge is 0.336 e. The highest BCUT2D eigenvalue weighted by molar-refractivity contribution is 7.89. The molecule has 0 aliphatic carbocycles. The minimum atomic E-state index is -3.64. The van der Waals surface area contributed by atoms with Crippen molar-refractivity contribution < 1.29 is 13.2 Å². The molecule has 0 spiro atoms. The summed E-state index contributed by atoms with van der Waals surface area (Å²) in [5.41, 5.74) is 3.72. The third kappa shape index (κ3) is 4.21. The maximum absolute atomic E-state index is 13.7. The minimum Gasteiger partial charge on any atom is -0.336 e. The Kier molecular flexibility index (Phi) is 5.89. The maximum Gasteiger partial charge on any atom is 0.254 e. The number of para-hydroxylation sites is 1. The normalized spacial score (nSPS) is 15.1. The molecule has 11 heteroatoms. The van der Waals surface area contributed by atoms with Gasteiger partial charge in [-0.1, -0.05) is 18.2 Å². The average molecular weight is 494 g/mol. The number of aryl methyl sites for hydroxylation is 3. The number of sulfonamides is 1. The van der Waals surface area contributed by atoms with Crippen LogP contribution in [0.25, 0.3) is 22.2 Å². The summed E-state index contributed by atoms with van der Waals surface area (Å²) in [4.78, 5) is 20.3. The first-order valence-corrected chi connectivity index (χ1v) is 12.9. The number of rotatable bonds is 5. The monoisotopic (exact) mass is 493 g/mol. The second-order valence-corrected chi connectivity index (χ2v) is 10.5. The highest BCUT2D eigenvalue weighted by Gasteiger charge is 2.32. The Morgan fingerprint density at radius 3 is 2.49 bits per heavy atom. The topological polar surface area (TPSA) is 106 Å². The van der Waals surface area contributed by atoms with Crippen molar-refractivity contribution in [1.82, 2.24) is 33.8 Å². The average Bonchev–Trinajstić information content (AvgIpc) is 3.48. The van der Waals surface area contributed by atoms with E-state index in [1.54, 1.807) is 11.9 Å². The van der Waals surface area contributed by atoms with Crippen LogP contribution in [-0.4, -0.2) is 74.3 Å². The van der Waals surface area contributed by atoms with Crippen molar-refractivity contribution in [2.75, 3.05) is 26.2 Å². The van der Waals surface area contributed by atoms with Gasteiger partial charge in [-0.15, -0.1) is 0 Å². The molecule has 1 amide bonds. The summed E-state index contributed by atoms with van der Waals surface area (Å²) in [5, 5.41) is 9.26. The van der Waals surface area contributed by atoms with Crippen molar-refractivity contribution in [3.8, 4) is 11.3 Å². The van der Waals surface area contributed by atoms with E-state index in [1.807, 2.05) is 55.1 Å². The molecule has 0 atom stereocenters. The number of aromatic nitrogens is 5. The lowest BCUT2D eigenvalue weighted by atomic mass is 10.0. The van der Waals surface area contributed by atoms with Crippen LogP contribution >= 0.6 is 0 Å². The number of carbonyl (C=O) groups excluding carboxylic acids is 1. The lowest BCUT2D eigenvalue weighted by molar-refractivity contribution is 0.0700. The smallest absolute Gasteiger partial charge is 0.254 e. The predicted molar refractivity (Wildman–Crippen MR) is 131 cm³/mol. The third-order valence-corrected chi connectivity index (χ3v) is 8.19. The number of amides is 1. The van der Waals surface area contributed by atoms with Crippen LogP contribution in [0.2, 0.25) is 0 Å². The standard InChI is InChI=1S/C24H27N7O3S/c1-4-30-16-21(17(2)27-30)23-13-20(19-7-5-6-8-22(19)26-23)24(32)29-9-11-31(12-10-29)35(33,34)18-14-25-28(3)15-18/h5-8,13-16H,4,9-12H2,1-3H3. The Balaban J connectivity index is 1.44. The quantitative estimate of drug-likeness (QED) is 0.422. The number of benzene rings is 1. The molecule has 5 rings (SSSR count). The van der Waals surface area contributed by atoms with Crippen LogP contribution in [-0.2, 0) is 23.6 Å². The van der Waals surface area contributed by atoms with Gasteiger partial charge in [-0.3, -0.25) is 14.2 Å². The van der Waals surface area contributed by atoms with E-state index in [4.69, 9.17) is 4.98 Å². The second kappa shape index (κ2) is 8.90. The Morgan fingerprint density at radius 1 is 1.09 bits per heavy atom. The molecule has 182 valence electrons. The van der Waals surface area contributed by atoms with Crippen LogP contribution in [0.4, 0.5) is 0 Å². The number of hydrogen-bond acceptors (Lipinski definition) is 6. The Bertz CT molecular complexity index is 1520. The summed E-state index contributed by atoms with van der Waals surface area (Å²) < 4.78 is 30.6. The number of piperazine rings is 1. The van der Waals surface area contributed by atoms with Crippen LogP contribution in [0.15, 0.2) is 53.8 Å². The van der Waals surface area contributed by atoms with Crippen LogP contribution in [0.3, 0.4) is 0 Å². The molecule has 0 saturated carbocycles. The summed E-state index contributed by atoms with van der Waals surface area (Å²) in [6.07, 6.45) is 4.78. The van der Waals surface area contributed by atoms with Crippen molar-refractivity contribution in [3.05, 3.63) is 60.2 Å². The summed E-state index contributed by atoms with van der Waals surface area (Å²) in [6, 6.07) is 9.41. The van der Waals surface area contributed by atoms with Gasteiger partial charge in [0.05, 0.1) is 28.7 Å². The molecule has 1 saturated heterocycles. The zero-order valence-electron chi connectivity index (χ0n) is 19.9. The van der Waals surface area contributed by atoms with Crippen molar-refractivity contribution in [2.24, 2.45) is 7.05 Å². The van der Waals surface area contributed by atoms with E-state index < -0.39 is 10.0 Å². The molecule has 3 aromatic heterocycles. The van der Waals surface area contributed by atoms with E-state index in [0.29, 0.717) is 24.3 Å². The lowest BCUT2D eigenvalue weighted by Crippen LogP contribution is -2.50. The van der Waals surface area contributed by atoms with Gasteiger partial charge < -0.3 is 4.90 Å². The van der Waals surface area contributed by atoms with E-state index in [9.17, 15) is 13.2 Å². The molecule has 0 bridgehead atoms. The van der Waals surface area contributed by atoms with E-state index in [2.05, 4.69) is 10.2 Å². The van der Waals surface area contributed by atoms with Gasteiger partial charge in [-0.05, 0) is 26.0 Å². The molecule has 4 aromatic rings. The van der Waals surface area contributed by atoms with Gasteiger partial charge in [-0.25, -0.2) is 13.4 Å². The zero-order chi connectivity index (χ0) is 24.7. The molecule has 0 unspecified atom stereocenters. The van der Waals surface area contributed by atoms with E-state index in [0.717, 1.165) is 28.7 Å². The highest BCUT2D eigenvalue weighted by atomic mass is 32.2. The third-order valence-electron chi connectivity index (χ3n) is 6.34. The van der Waals surface area contributed by atoms with E-state index in [-0.39, 0.29) is 23.9 Å². The van der Waals surface area contributed by atoms with Crippen molar-refractivity contribution >= 4 is 26.8 Å². The van der Waals surface area contributed by atoms with Gasteiger partial charge in [0.15, 0.2) is 0 Å². The van der Waals surface area contributed by atoms with Gasteiger partial charge in [-0.2, -0.15) is 14.5 Å². The summed E-state index contributed by atoms with van der Waals surface area (Å²) in [5.74, 6) is -0.135. The van der Waals surface area contributed by atoms with Crippen molar-refractivity contribution in [3.63, 3.8) is 0 Å². The van der Waals surface area contributed by atoms with Crippen molar-refractivity contribution in [2.45, 2.75) is 25.3 Å². The Hall–Kier alpha value is -3.57. The summed E-state index contributed by atoms with van der Waals surface area (Å²) in [6.45, 7) is 5.75. The highest BCUT2D eigenvalue weighted by Crippen LogP contribution is 2.28. The maximum atomic E-state index is 13.7. The second-order valence-electron chi connectivity index (χ2n) is 8.60. The minimum absolute atomic E-state index is 0.135. The fourth-order valence-corrected chi connectivity index (χ4v) is 5.81. The first-order valence-electron chi connectivity index (χ1n) is 11.5. The Morgan fingerprint density at radius 2 is 1.83 bits per heavy atom. The lowest BCUT2D eigenvalue weighted by Gasteiger charge is -2.34. The molecular formula is C24H27N7O3S. The number of pyridine rings is 1. The van der Waals surface area contributed by atoms with Gasteiger partial charge in [0.25, 0.3) is 5.91 Å². The first-order chi connectivity index (χ1) is 16.8. The Labute approximate surface area is 203 Å². The number of fused-ring (bicyclic) bond motifs is 1. The summed E-state index contributed by atoms with van der Waals surface area (Å²) in [7, 11) is -1.97. The molecule has 0 N–H and O–H groups in total.